The number of carbonyl (C=O) groups is 2. The lowest BCUT2D eigenvalue weighted by Gasteiger charge is -2.59. The van der Waals surface area contributed by atoms with Crippen LogP contribution in [0.2, 0.25) is 0 Å². The quantitative estimate of drug-likeness (QED) is 0.586. The zero-order valence-electron chi connectivity index (χ0n) is 16.4. The van der Waals surface area contributed by atoms with Crippen molar-refractivity contribution in [2.75, 3.05) is 19.6 Å². The van der Waals surface area contributed by atoms with E-state index < -0.39 is 0 Å². The molecule has 2 unspecified atom stereocenters. The van der Waals surface area contributed by atoms with Crippen LogP contribution in [0.1, 0.15) is 55.5 Å². The molecule has 1 spiro atoms. The second-order valence-electron chi connectivity index (χ2n) is 8.03. The molecule has 0 saturated carbocycles. The van der Waals surface area contributed by atoms with Gasteiger partial charge in [0.1, 0.15) is 5.82 Å². The highest BCUT2D eigenvalue weighted by Gasteiger charge is 2.58. The third-order valence-corrected chi connectivity index (χ3v) is 5.87. The molecule has 2 aliphatic rings. The second kappa shape index (κ2) is 7.97. The van der Waals surface area contributed by atoms with Gasteiger partial charge in [0, 0.05) is 25.2 Å². The van der Waals surface area contributed by atoms with E-state index in [1.165, 1.54) is 6.07 Å². The van der Waals surface area contributed by atoms with Gasteiger partial charge in [0.05, 0.1) is 11.3 Å². The minimum absolute atomic E-state index is 0.108. The largest absolute Gasteiger partial charge is 0.446 e. The van der Waals surface area contributed by atoms with Crippen molar-refractivity contribution in [3.05, 3.63) is 35.1 Å². The number of benzene rings is 1. The monoisotopic (exact) mass is 376 g/mol. The molecule has 1 aromatic rings. The Balaban J connectivity index is 1.52. The maximum Gasteiger partial charge on any atom is 0.310 e. The van der Waals surface area contributed by atoms with Crippen molar-refractivity contribution in [1.29, 1.82) is 0 Å². The summed E-state index contributed by atoms with van der Waals surface area (Å²) >= 11 is 0. The first-order chi connectivity index (χ1) is 12.9. The Morgan fingerprint density at radius 3 is 2.74 bits per heavy atom. The molecule has 2 heterocycles. The van der Waals surface area contributed by atoms with E-state index >= 15 is 0 Å². The number of hydrogen-bond donors (Lipinski definition) is 1. The van der Waals surface area contributed by atoms with Crippen LogP contribution in [0.15, 0.2) is 18.2 Å². The van der Waals surface area contributed by atoms with Crippen molar-refractivity contribution in [2.45, 2.75) is 52.7 Å². The van der Waals surface area contributed by atoms with Crippen LogP contribution in [-0.4, -0.2) is 42.6 Å². The first-order valence-electron chi connectivity index (χ1n) is 9.86. The molecule has 0 aromatic heterocycles. The summed E-state index contributed by atoms with van der Waals surface area (Å²) < 4.78 is 19.4. The molecule has 1 N–H and O–H groups in total. The van der Waals surface area contributed by atoms with Crippen molar-refractivity contribution in [1.82, 2.24) is 10.2 Å². The molecule has 0 bridgehead atoms. The summed E-state index contributed by atoms with van der Waals surface area (Å²) in [6.45, 7) is 7.44. The lowest BCUT2D eigenvalue weighted by molar-refractivity contribution is -0.196. The number of nitrogens with one attached hydrogen (secondary N) is 1. The molecule has 2 fully saturated rings. The number of likely N-dealkylation sites (tertiary alicyclic amines) is 1. The van der Waals surface area contributed by atoms with Crippen LogP contribution in [0.5, 0.6) is 0 Å². The predicted octanol–water partition coefficient (Wildman–Crippen LogP) is 3.27. The molecule has 2 saturated heterocycles. The number of esters is 1. The van der Waals surface area contributed by atoms with E-state index in [1.807, 2.05) is 6.92 Å². The normalized spacial score (nSPS) is 21.3. The Hall–Kier alpha value is -1.95. The molecule has 1 amide bonds. The zero-order valence-corrected chi connectivity index (χ0v) is 16.4. The van der Waals surface area contributed by atoms with Crippen LogP contribution in [0.3, 0.4) is 0 Å². The van der Waals surface area contributed by atoms with E-state index in [-0.39, 0.29) is 35.3 Å². The van der Waals surface area contributed by atoms with Gasteiger partial charge in [-0.1, -0.05) is 39.2 Å². The fraction of sp³-hybridized carbons (Fsp3) is 0.619. The van der Waals surface area contributed by atoms with E-state index in [0.717, 1.165) is 32.2 Å². The Kier molecular flexibility index (Phi) is 5.84. The van der Waals surface area contributed by atoms with Gasteiger partial charge in [-0.05, 0) is 31.0 Å². The molecule has 0 aliphatic carbocycles. The van der Waals surface area contributed by atoms with Gasteiger partial charge in [0.25, 0.3) is 5.91 Å². The molecule has 6 heteroatoms. The Morgan fingerprint density at radius 1 is 1.37 bits per heavy atom. The van der Waals surface area contributed by atoms with Crippen LogP contribution >= 0.6 is 0 Å². The lowest BCUT2D eigenvalue weighted by Crippen LogP contribution is -2.78. The summed E-state index contributed by atoms with van der Waals surface area (Å²) in [6.07, 6.45) is 3.79. The zero-order chi connectivity index (χ0) is 19.6. The van der Waals surface area contributed by atoms with Gasteiger partial charge in [-0.15, -0.1) is 0 Å². The molecular weight excluding hydrogens is 347 g/mol. The van der Waals surface area contributed by atoms with Crippen molar-refractivity contribution < 1.29 is 18.7 Å². The summed E-state index contributed by atoms with van der Waals surface area (Å²) in [5, 5.41) is 3.17. The number of amides is 1. The number of hydrogen-bond acceptors (Lipinski definition) is 4. The van der Waals surface area contributed by atoms with Crippen LogP contribution in [-0.2, 0) is 9.53 Å². The number of ether oxygens (including phenoxy) is 1. The van der Waals surface area contributed by atoms with Gasteiger partial charge in [-0.25, -0.2) is 4.39 Å². The number of halogens is 1. The van der Waals surface area contributed by atoms with Gasteiger partial charge in [0.2, 0.25) is 0 Å². The molecule has 1 aromatic carbocycles. The van der Waals surface area contributed by atoms with E-state index in [2.05, 4.69) is 12.2 Å². The highest BCUT2D eigenvalue weighted by Crippen LogP contribution is 2.41. The van der Waals surface area contributed by atoms with E-state index in [1.54, 1.807) is 24.0 Å². The van der Waals surface area contributed by atoms with Gasteiger partial charge in [-0.2, -0.15) is 0 Å². The molecule has 2 aliphatic heterocycles. The topological polar surface area (TPSA) is 58.6 Å². The highest BCUT2D eigenvalue weighted by molar-refractivity contribution is 5.96. The maximum atomic E-state index is 13.7. The van der Waals surface area contributed by atoms with Crippen LogP contribution in [0.25, 0.3) is 0 Å². The predicted molar refractivity (Wildman–Crippen MR) is 101 cm³/mol. The lowest BCUT2D eigenvalue weighted by atomic mass is 9.72. The van der Waals surface area contributed by atoms with E-state index in [9.17, 15) is 14.0 Å². The summed E-state index contributed by atoms with van der Waals surface area (Å²) in [5.74, 6) is -0.815. The molecule has 0 radical (unpaired) electrons. The highest BCUT2D eigenvalue weighted by atomic mass is 19.1. The van der Waals surface area contributed by atoms with Crippen molar-refractivity contribution in [3.8, 4) is 0 Å². The summed E-state index contributed by atoms with van der Waals surface area (Å²) in [4.78, 5) is 26.6. The first-order valence-corrected chi connectivity index (χ1v) is 9.86. The fourth-order valence-electron chi connectivity index (χ4n) is 3.84. The second-order valence-corrected chi connectivity index (χ2v) is 8.03. The third kappa shape index (κ3) is 3.86. The maximum absolute atomic E-state index is 13.7. The molecule has 27 heavy (non-hydrogen) atoms. The van der Waals surface area contributed by atoms with Gasteiger partial charge >= 0.3 is 5.97 Å². The molecular formula is C21H29FN2O3. The summed E-state index contributed by atoms with van der Waals surface area (Å²) in [7, 11) is 0. The van der Waals surface area contributed by atoms with Crippen molar-refractivity contribution in [2.24, 2.45) is 11.3 Å². The Morgan fingerprint density at radius 2 is 2.11 bits per heavy atom. The van der Waals surface area contributed by atoms with Crippen LogP contribution in [0.4, 0.5) is 4.39 Å². The Labute approximate surface area is 160 Å². The third-order valence-electron chi connectivity index (χ3n) is 5.87. The van der Waals surface area contributed by atoms with Gasteiger partial charge in [-0.3, -0.25) is 14.9 Å². The number of unbranched alkanes of at least 4 members (excludes halogenated alkanes) is 2. The van der Waals surface area contributed by atoms with E-state index in [0.29, 0.717) is 24.2 Å². The molecule has 148 valence electrons. The standard InChI is InChI=1S/C21H29FN2O3/c1-4-5-6-8-14(2)19(26)27-20-21(11-23-20)12-24(13-21)18(25)16-9-7-10-17(22)15(16)3/h7,9-10,14,20,23H,4-6,8,11-13H2,1-3H3. The van der Waals surface area contributed by atoms with Crippen molar-refractivity contribution >= 4 is 11.9 Å². The van der Waals surface area contributed by atoms with Crippen molar-refractivity contribution in [3.63, 3.8) is 0 Å². The molecule has 3 rings (SSSR count). The molecule has 5 nitrogen and oxygen atoms in total. The van der Waals surface area contributed by atoms with E-state index in [4.69, 9.17) is 4.74 Å². The average Bonchev–Trinajstić information content (AvgIpc) is 2.59. The summed E-state index contributed by atoms with van der Waals surface area (Å²) in [6, 6.07) is 4.57. The van der Waals surface area contributed by atoms with Crippen LogP contribution < -0.4 is 5.32 Å². The molecule has 2 atom stereocenters. The number of rotatable bonds is 7. The minimum atomic E-state index is -0.370. The van der Waals surface area contributed by atoms with Crippen LogP contribution in [0, 0.1) is 24.1 Å². The number of nitrogens with zero attached hydrogens (tertiary/aromatic N) is 1. The van der Waals surface area contributed by atoms with Gasteiger partial charge in [0.15, 0.2) is 6.23 Å². The number of carbonyl (C=O) groups excluding carboxylic acids is 2. The summed E-state index contributed by atoms with van der Waals surface area (Å²) in [5.41, 5.74) is 0.574. The SMILES string of the molecule is CCCCCC(C)C(=O)OC1NCC12CN(C(=O)c1cccc(F)c1C)C2. The van der Waals surface area contributed by atoms with Gasteiger partial charge < -0.3 is 9.64 Å². The Bertz CT molecular complexity index is 715. The first kappa shape index (κ1) is 19.8. The smallest absolute Gasteiger partial charge is 0.310 e. The minimum Gasteiger partial charge on any atom is -0.446 e. The fourth-order valence-corrected chi connectivity index (χ4v) is 3.84. The average molecular weight is 376 g/mol.